The Bertz CT molecular complexity index is 302. The minimum atomic E-state index is 0.406. The molecule has 0 radical (unpaired) electrons. The average Bonchev–Trinajstić information content (AvgIpc) is 3.00. The van der Waals surface area contributed by atoms with Crippen molar-refractivity contribution in [3.8, 4) is 0 Å². The van der Waals surface area contributed by atoms with Crippen LogP contribution in [0.15, 0.2) is 24.5 Å². The molecule has 0 atom stereocenters. The van der Waals surface area contributed by atoms with Gasteiger partial charge in [-0.25, -0.2) is 0 Å². The SMILES string of the molecule is CC(C)CNCC1(c2cccnc2)CC1. The lowest BCUT2D eigenvalue weighted by Crippen LogP contribution is -2.29. The molecule has 2 heteroatoms. The molecule has 1 saturated carbocycles. The number of aromatic nitrogens is 1. The van der Waals surface area contributed by atoms with Gasteiger partial charge < -0.3 is 5.32 Å². The van der Waals surface area contributed by atoms with E-state index in [1.807, 2.05) is 18.5 Å². The molecule has 1 heterocycles. The molecule has 1 aromatic rings. The van der Waals surface area contributed by atoms with Crippen LogP contribution in [0.2, 0.25) is 0 Å². The molecule has 0 aromatic carbocycles. The van der Waals surface area contributed by atoms with Crippen LogP contribution >= 0.6 is 0 Å². The third kappa shape index (κ3) is 2.57. The zero-order valence-corrected chi connectivity index (χ0v) is 9.66. The maximum absolute atomic E-state index is 4.21. The van der Waals surface area contributed by atoms with Crippen LogP contribution in [0, 0.1) is 5.92 Å². The van der Waals surface area contributed by atoms with Crippen molar-refractivity contribution < 1.29 is 0 Å². The third-order valence-corrected chi connectivity index (χ3v) is 3.14. The smallest absolute Gasteiger partial charge is 0.0306 e. The van der Waals surface area contributed by atoms with Gasteiger partial charge in [-0.15, -0.1) is 0 Å². The second-order valence-electron chi connectivity index (χ2n) is 5.05. The van der Waals surface area contributed by atoms with Crippen molar-refractivity contribution >= 4 is 0 Å². The van der Waals surface area contributed by atoms with Gasteiger partial charge in [-0.3, -0.25) is 4.98 Å². The number of nitrogens with zero attached hydrogens (tertiary/aromatic N) is 1. The summed E-state index contributed by atoms with van der Waals surface area (Å²) in [7, 11) is 0. The van der Waals surface area contributed by atoms with Gasteiger partial charge in [0.1, 0.15) is 0 Å². The Balaban J connectivity index is 1.91. The first-order chi connectivity index (χ1) is 7.23. The lowest BCUT2D eigenvalue weighted by atomic mass is 9.97. The Morgan fingerprint density at radius 2 is 2.27 bits per heavy atom. The van der Waals surface area contributed by atoms with Gasteiger partial charge in [0, 0.05) is 24.4 Å². The third-order valence-electron chi connectivity index (χ3n) is 3.14. The van der Waals surface area contributed by atoms with Crippen molar-refractivity contribution in [2.45, 2.75) is 32.1 Å². The predicted octanol–water partition coefficient (Wildman–Crippen LogP) is 2.36. The molecular weight excluding hydrogens is 184 g/mol. The van der Waals surface area contributed by atoms with E-state index in [9.17, 15) is 0 Å². The van der Waals surface area contributed by atoms with Crippen molar-refractivity contribution in [1.82, 2.24) is 10.3 Å². The van der Waals surface area contributed by atoms with Crippen molar-refractivity contribution in [1.29, 1.82) is 0 Å². The molecule has 2 nitrogen and oxygen atoms in total. The quantitative estimate of drug-likeness (QED) is 0.796. The molecule has 2 rings (SSSR count). The van der Waals surface area contributed by atoms with E-state index >= 15 is 0 Å². The monoisotopic (exact) mass is 204 g/mol. The lowest BCUT2D eigenvalue weighted by Gasteiger charge is -2.17. The van der Waals surface area contributed by atoms with Gasteiger partial charge in [0.15, 0.2) is 0 Å². The van der Waals surface area contributed by atoms with E-state index < -0.39 is 0 Å². The van der Waals surface area contributed by atoms with E-state index in [0.29, 0.717) is 5.41 Å². The largest absolute Gasteiger partial charge is 0.316 e. The summed E-state index contributed by atoms with van der Waals surface area (Å²) in [4.78, 5) is 4.21. The van der Waals surface area contributed by atoms with Gasteiger partial charge in [0.2, 0.25) is 0 Å². The van der Waals surface area contributed by atoms with Crippen molar-refractivity contribution in [3.05, 3.63) is 30.1 Å². The van der Waals surface area contributed by atoms with Gasteiger partial charge >= 0.3 is 0 Å². The van der Waals surface area contributed by atoms with Crippen LogP contribution in [0.4, 0.5) is 0 Å². The first-order valence-electron chi connectivity index (χ1n) is 5.84. The van der Waals surface area contributed by atoms with Gasteiger partial charge in [-0.1, -0.05) is 19.9 Å². The zero-order valence-electron chi connectivity index (χ0n) is 9.66. The highest BCUT2D eigenvalue weighted by Gasteiger charge is 2.43. The molecule has 0 bridgehead atoms. The number of hydrogen-bond donors (Lipinski definition) is 1. The van der Waals surface area contributed by atoms with E-state index in [4.69, 9.17) is 0 Å². The molecule has 1 aromatic heterocycles. The number of pyridine rings is 1. The molecule has 1 aliphatic rings. The minimum absolute atomic E-state index is 0.406. The molecule has 1 aliphatic carbocycles. The van der Waals surface area contributed by atoms with Gasteiger partial charge in [0.05, 0.1) is 0 Å². The standard InChI is InChI=1S/C13H20N2/c1-11(2)8-15-10-13(5-6-13)12-4-3-7-14-9-12/h3-4,7,9,11,15H,5-6,8,10H2,1-2H3. The fraction of sp³-hybridized carbons (Fsp3) is 0.615. The van der Waals surface area contributed by atoms with Crippen molar-refractivity contribution in [3.63, 3.8) is 0 Å². The van der Waals surface area contributed by atoms with E-state index in [-0.39, 0.29) is 0 Å². The van der Waals surface area contributed by atoms with E-state index in [2.05, 4.69) is 30.2 Å². The minimum Gasteiger partial charge on any atom is -0.316 e. The van der Waals surface area contributed by atoms with Crippen molar-refractivity contribution in [2.75, 3.05) is 13.1 Å². The average molecular weight is 204 g/mol. The Hall–Kier alpha value is -0.890. The van der Waals surface area contributed by atoms with Crippen molar-refractivity contribution in [2.24, 2.45) is 5.92 Å². The number of hydrogen-bond acceptors (Lipinski definition) is 2. The summed E-state index contributed by atoms with van der Waals surface area (Å²) >= 11 is 0. The molecule has 0 amide bonds. The first kappa shape index (κ1) is 10.6. The van der Waals surface area contributed by atoms with Crippen LogP contribution in [0.25, 0.3) is 0 Å². The van der Waals surface area contributed by atoms with E-state index in [1.165, 1.54) is 18.4 Å². The highest BCUT2D eigenvalue weighted by atomic mass is 14.9. The lowest BCUT2D eigenvalue weighted by molar-refractivity contribution is 0.508. The summed E-state index contributed by atoms with van der Waals surface area (Å²) in [5.74, 6) is 0.731. The molecular formula is C13H20N2. The normalized spacial score (nSPS) is 18.1. The Labute approximate surface area is 92.1 Å². The summed E-state index contributed by atoms with van der Waals surface area (Å²) in [5, 5.41) is 3.56. The van der Waals surface area contributed by atoms with Gasteiger partial charge in [-0.2, -0.15) is 0 Å². The summed E-state index contributed by atoms with van der Waals surface area (Å²) in [6.45, 7) is 6.71. The van der Waals surface area contributed by atoms with E-state index in [1.54, 1.807) is 0 Å². The number of rotatable bonds is 5. The molecule has 0 unspecified atom stereocenters. The molecule has 82 valence electrons. The Kier molecular flexibility index (Phi) is 3.06. The van der Waals surface area contributed by atoms with Crippen LogP contribution < -0.4 is 5.32 Å². The molecule has 15 heavy (non-hydrogen) atoms. The summed E-state index contributed by atoms with van der Waals surface area (Å²) < 4.78 is 0. The maximum atomic E-state index is 4.21. The van der Waals surface area contributed by atoms with Crippen LogP contribution in [-0.2, 0) is 5.41 Å². The fourth-order valence-corrected chi connectivity index (χ4v) is 1.99. The summed E-state index contributed by atoms with van der Waals surface area (Å²) in [6.07, 6.45) is 6.48. The zero-order chi connectivity index (χ0) is 10.7. The maximum Gasteiger partial charge on any atom is 0.0306 e. The Morgan fingerprint density at radius 1 is 1.47 bits per heavy atom. The molecule has 0 saturated heterocycles. The highest BCUT2D eigenvalue weighted by molar-refractivity contribution is 5.29. The topological polar surface area (TPSA) is 24.9 Å². The second-order valence-corrected chi connectivity index (χ2v) is 5.05. The fourth-order valence-electron chi connectivity index (χ4n) is 1.99. The summed E-state index contributed by atoms with van der Waals surface area (Å²) in [5.41, 5.74) is 1.81. The molecule has 0 spiro atoms. The van der Waals surface area contributed by atoms with E-state index in [0.717, 1.165) is 19.0 Å². The van der Waals surface area contributed by atoms with Crippen LogP contribution in [-0.4, -0.2) is 18.1 Å². The molecule has 1 fully saturated rings. The van der Waals surface area contributed by atoms with Crippen LogP contribution in [0.5, 0.6) is 0 Å². The summed E-state index contributed by atoms with van der Waals surface area (Å²) in [6, 6.07) is 4.24. The van der Waals surface area contributed by atoms with Crippen LogP contribution in [0.1, 0.15) is 32.3 Å². The van der Waals surface area contributed by atoms with Crippen LogP contribution in [0.3, 0.4) is 0 Å². The Morgan fingerprint density at radius 3 is 2.80 bits per heavy atom. The first-order valence-corrected chi connectivity index (χ1v) is 5.84. The predicted molar refractivity (Wildman–Crippen MR) is 62.9 cm³/mol. The number of nitrogens with one attached hydrogen (secondary N) is 1. The van der Waals surface area contributed by atoms with Gasteiger partial charge in [0.25, 0.3) is 0 Å². The second kappa shape index (κ2) is 4.31. The molecule has 0 aliphatic heterocycles. The van der Waals surface area contributed by atoms with Gasteiger partial charge in [-0.05, 0) is 36.9 Å². The highest BCUT2D eigenvalue weighted by Crippen LogP contribution is 2.47. The molecule has 1 N–H and O–H groups in total.